The predicted molar refractivity (Wildman–Crippen MR) is 71.5 cm³/mol. The van der Waals surface area contributed by atoms with Gasteiger partial charge in [-0.3, -0.25) is 9.13 Å². The summed E-state index contributed by atoms with van der Waals surface area (Å²) in [6, 6.07) is 7.37. The first-order valence-electron chi connectivity index (χ1n) is 5.81. The Bertz CT molecular complexity index is 725. The molecule has 0 saturated carbocycles. The summed E-state index contributed by atoms with van der Waals surface area (Å²) in [6.45, 7) is 1.82. The van der Waals surface area contributed by atoms with E-state index in [4.69, 9.17) is 0 Å². The number of aromatic nitrogens is 2. The number of fused-ring (bicyclic) bond motifs is 1. The van der Waals surface area contributed by atoms with Gasteiger partial charge in [0, 0.05) is 19.3 Å². The lowest BCUT2D eigenvalue weighted by atomic mass is 10.3. The maximum Gasteiger partial charge on any atom is 0.328 e. The van der Waals surface area contributed by atoms with Crippen LogP contribution >= 0.6 is 0 Å². The van der Waals surface area contributed by atoms with Crippen LogP contribution in [-0.2, 0) is 23.4 Å². The number of rotatable bonds is 4. The van der Waals surface area contributed by atoms with Crippen LogP contribution in [0.5, 0.6) is 0 Å². The molecule has 0 bridgehead atoms. The van der Waals surface area contributed by atoms with Gasteiger partial charge in [0.05, 0.1) is 16.8 Å². The summed E-state index contributed by atoms with van der Waals surface area (Å²) in [7, 11) is -1.37. The molecule has 1 aromatic carbocycles. The van der Waals surface area contributed by atoms with Gasteiger partial charge in [0.2, 0.25) is 0 Å². The van der Waals surface area contributed by atoms with E-state index in [-0.39, 0.29) is 23.7 Å². The summed E-state index contributed by atoms with van der Waals surface area (Å²) >= 11 is 0. The van der Waals surface area contributed by atoms with Crippen molar-refractivity contribution in [1.82, 2.24) is 9.13 Å². The Kier molecular flexibility index (Phi) is 3.30. The molecular formula is C12H16N2O3S. The lowest BCUT2D eigenvalue weighted by Crippen LogP contribution is -2.25. The lowest BCUT2D eigenvalue weighted by Gasteiger charge is -2.03. The third-order valence-electron chi connectivity index (χ3n) is 3.12. The third-order valence-corrected chi connectivity index (χ3v) is 4.80. The number of aryl methyl sites for hydroxylation is 2. The first-order valence-corrected chi connectivity index (χ1v) is 7.63. The highest BCUT2D eigenvalue weighted by atomic mass is 32.2. The van der Waals surface area contributed by atoms with Crippen molar-refractivity contribution < 1.29 is 8.42 Å². The molecule has 0 saturated heterocycles. The highest BCUT2D eigenvalue weighted by Crippen LogP contribution is 2.11. The molecule has 1 aromatic heterocycles. The van der Waals surface area contributed by atoms with Crippen molar-refractivity contribution in [2.75, 3.05) is 11.5 Å². The smallest absolute Gasteiger partial charge is 0.295 e. The average molecular weight is 268 g/mol. The SMILES string of the molecule is CCS(=O)(=O)CCn1c(=O)n(C)c2ccccc21. The van der Waals surface area contributed by atoms with Gasteiger partial charge in [0.1, 0.15) is 0 Å². The normalized spacial score (nSPS) is 12.1. The van der Waals surface area contributed by atoms with E-state index in [2.05, 4.69) is 0 Å². The molecule has 98 valence electrons. The molecule has 0 aliphatic carbocycles. The molecule has 0 amide bonds. The Morgan fingerprint density at radius 3 is 2.39 bits per heavy atom. The number of hydrogen-bond donors (Lipinski definition) is 0. The van der Waals surface area contributed by atoms with Crippen molar-refractivity contribution in [1.29, 1.82) is 0 Å². The van der Waals surface area contributed by atoms with Gasteiger partial charge < -0.3 is 0 Å². The van der Waals surface area contributed by atoms with Crippen LogP contribution in [-0.4, -0.2) is 29.1 Å². The summed E-state index contributed by atoms with van der Waals surface area (Å²) in [4.78, 5) is 12.0. The minimum atomic E-state index is -3.06. The van der Waals surface area contributed by atoms with Crippen LogP contribution in [0.25, 0.3) is 11.0 Å². The van der Waals surface area contributed by atoms with Crippen molar-refractivity contribution in [2.24, 2.45) is 7.05 Å². The molecule has 1 heterocycles. The maximum absolute atomic E-state index is 12.0. The first kappa shape index (κ1) is 12.9. The van der Waals surface area contributed by atoms with E-state index in [1.54, 1.807) is 14.0 Å². The molecule has 0 unspecified atom stereocenters. The number of imidazole rings is 1. The van der Waals surface area contributed by atoms with Crippen LogP contribution in [0, 0.1) is 0 Å². The Morgan fingerprint density at radius 2 is 1.78 bits per heavy atom. The minimum absolute atomic E-state index is 0.00257. The maximum atomic E-state index is 12.0. The van der Waals surface area contributed by atoms with Crippen LogP contribution in [0.3, 0.4) is 0 Å². The van der Waals surface area contributed by atoms with Crippen molar-refractivity contribution in [3.05, 3.63) is 34.7 Å². The molecule has 0 aliphatic rings. The highest BCUT2D eigenvalue weighted by Gasteiger charge is 2.13. The number of para-hydroxylation sites is 2. The molecule has 2 rings (SSSR count). The molecule has 0 fully saturated rings. The fourth-order valence-electron chi connectivity index (χ4n) is 1.95. The van der Waals surface area contributed by atoms with Crippen LogP contribution in [0.1, 0.15) is 6.92 Å². The Hall–Kier alpha value is -1.56. The third kappa shape index (κ3) is 2.20. The molecule has 0 N–H and O–H groups in total. The average Bonchev–Trinajstić information content (AvgIpc) is 2.61. The Morgan fingerprint density at radius 1 is 1.17 bits per heavy atom. The second-order valence-corrected chi connectivity index (χ2v) is 6.69. The number of benzene rings is 1. The largest absolute Gasteiger partial charge is 0.328 e. The number of sulfone groups is 1. The van der Waals surface area contributed by atoms with E-state index in [0.717, 1.165) is 11.0 Å². The highest BCUT2D eigenvalue weighted by molar-refractivity contribution is 7.91. The van der Waals surface area contributed by atoms with Gasteiger partial charge in [-0.2, -0.15) is 0 Å². The van der Waals surface area contributed by atoms with E-state index < -0.39 is 9.84 Å². The van der Waals surface area contributed by atoms with Crippen molar-refractivity contribution in [3.8, 4) is 0 Å². The van der Waals surface area contributed by atoms with E-state index in [0.29, 0.717) is 0 Å². The Balaban J connectivity index is 2.46. The topological polar surface area (TPSA) is 61.1 Å². The van der Waals surface area contributed by atoms with Crippen molar-refractivity contribution in [3.63, 3.8) is 0 Å². The van der Waals surface area contributed by atoms with E-state index in [9.17, 15) is 13.2 Å². The molecule has 0 aliphatic heterocycles. The second-order valence-electron chi connectivity index (χ2n) is 4.22. The molecule has 18 heavy (non-hydrogen) atoms. The summed E-state index contributed by atoms with van der Waals surface area (Å²) in [5, 5.41) is 0. The molecule has 0 atom stereocenters. The fraction of sp³-hybridized carbons (Fsp3) is 0.417. The zero-order valence-corrected chi connectivity index (χ0v) is 11.3. The van der Waals surface area contributed by atoms with Crippen LogP contribution in [0.15, 0.2) is 29.1 Å². The summed E-state index contributed by atoms with van der Waals surface area (Å²) < 4.78 is 26.1. The van der Waals surface area contributed by atoms with Crippen LogP contribution in [0.2, 0.25) is 0 Å². The van der Waals surface area contributed by atoms with Crippen molar-refractivity contribution in [2.45, 2.75) is 13.5 Å². The summed E-state index contributed by atoms with van der Waals surface area (Å²) in [5.41, 5.74) is 1.41. The zero-order chi connectivity index (χ0) is 13.3. The molecule has 0 spiro atoms. The number of nitrogens with zero attached hydrogens (tertiary/aromatic N) is 2. The molecule has 5 nitrogen and oxygen atoms in total. The second kappa shape index (κ2) is 4.61. The monoisotopic (exact) mass is 268 g/mol. The summed E-state index contributed by atoms with van der Waals surface area (Å²) in [6.07, 6.45) is 0. The summed E-state index contributed by atoms with van der Waals surface area (Å²) in [5.74, 6) is 0.101. The molecule has 2 aromatic rings. The van der Waals surface area contributed by atoms with Gasteiger partial charge in [-0.05, 0) is 12.1 Å². The van der Waals surface area contributed by atoms with Gasteiger partial charge in [0.25, 0.3) is 0 Å². The van der Waals surface area contributed by atoms with Crippen molar-refractivity contribution >= 4 is 20.9 Å². The first-order chi connectivity index (χ1) is 8.46. The zero-order valence-electron chi connectivity index (χ0n) is 10.5. The van der Waals surface area contributed by atoms with Gasteiger partial charge >= 0.3 is 5.69 Å². The minimum Gasteiger partial charge on any atom is -0.295 e. The van der Waals surface area contributed by atoms with Gasteiger partial charge in [-0.15, -0.1) is 0 Å². The quantitative estimate of drug-likeness (QED) is 0.823. The van der Waals surface area contributed by atoms with Crippen LogP contribution in [0.4, 0.5) is 0 Å². The van der Waals surface area contributed by atoms with E-state index in [1.165, 1.54) is 9.13 Å². The molecular weight excluding hydrogens is 252 g/mol. The molecule has 6 heteroatoms. The lowest BCUT2D eigenvalue weighted by molar-refractivity contribution is 0.589. The predicted octanol–water partition coefficient (Wildman–Crippen LogP) is 0.775. The van der Waals surface area contributed by atoms with Gasteiger partial charge in [-0.25, -0.2) is 13.2 Å². The van der Waals surface area contributed by atoms with Crippen LogP contribution < -0.4 is 5.69 Å². The Labute approximate surface area is 106 Å². The molecule has 0 radical (unpaired) electrons. The van der Waals surface area contributed by atoms with E-state index >= 15 is 0 Å². The fourth-order valence-corrected chi connectivity index (χ4v) is 2.70. The van der Waals surface area contributed by atoms with Gasteiger partial charge in [-0.1, -0.05) is 19.1 Å². The standard InChI is InChI=1S/C12H16N2O3S/c1-3-18(16,17)9-8-14-11-7-5-4-6-10(11)13(2)12(14)15/h4-7H,3,8-9H2,1-2H3. The van der Waals surface area contributed by atoms with Gasteiger partial charge in [0.15, 0.2) is 9.84 Å². The number of hydrogen-bond acceptors (Lipinski definition) is 3. The van der Waals surface area contributed by atoms with E-state index in [1.807, 2.05) is 24.3 Å².